The summed E-state index contributed by atoms with van der Waals surface area (Å²) in [5.74, 6) is 1.35. The van der Waals surface area contributed by atoms with Gasteiger partial charge in [-0.1, -0.05) is 5.16 Å². The molecule has 18 heavy (non-hydrogen) atoms. The fourth-order valence-electron chi connectivity index (χ4n) is 1.61. The zero-order valence-corrected chi connectivity index (χ0v) is 9.51. The number of hydrogen-bond donors (Lipinski definition) is 1. The summed E-state index contributed by atoms with van der Waals surface area (Å²) >= 11 is 0. The predicted octanol–water partition coefficient (Wildman–Crippen LogP) is 0.414. The van der Waals surface area contributed by atoms with Gasteiger partial charge in [0.05, 0.1) is 11.9 Å². The van der Waals surface area contributed by atoms with E-state index in [-0.39, 0.29) is 35.3 Å². The predicted molar refractivity (Wildman–Crippen MR) is 61.2 cm³/mol. The number of nitrogens with zero attached hydrogens (tertiary/aromatic N) is 3. The number of rotatable bonds is 3. The Bertz CT molecular complexity index is 720. The maximum Gasteiger partial charge on any atom is 0.357 e. The van der Waals surface area contributed by atoms with E-state index in [1.807, 2.05) is 0 Å². The van der Waals surface area contributed by atoms with Crippen LogP contribution in [0.25, 0.3) is 10.9 Å². The van der Waals surface area contributed by atoms with E-state index in [1.54, 1.807) is 0 Å². The molecular weight excluding hydrogens is 238 g/mol. The molecule has 1 N–H and O–H groups in total. The molecule has 7 nitrogen and oxygen atoms in total. The van der Waals surface area contributed by atoms with Gasteiger partial charge in [-0.05, 0) is 6.92 Å². The van der Waals surface area contributed by atoms with E-state index >= 15 is 0 Å². The molecule has 0 fully saturated rings. The van der Waals surface area contributed by atoms with E-state index in [9.17, 15) is 9.59 Å². The summed E-state index contributed by atoms with van der Waals surface area (Å²) in [7, 11) is 0. The quantitative estimate of drug-likeness (QED) is 0.789. The van der Waals surface area contributed by atoms with Gasteiger partial charge < -0.3 is 9.63 Å². The van der Waals surface area contributed by atoms with E-state index < -0.39 is 11.5 Å². The summed E-state index contributed by atoms with van der Waals surface area (Å²) in [6, 6.07) is 0. The van der Waals surface area contributed by atoms with Gasteiger partial charge >= 0.3 is 5.97 Å². The maximum absolute atomic E-state index is 11.9. The third-order valence-electron chi connectivity index (χ3n) is 2.43. The second-order valence-electron chi connectivity index (χ2n) is 3.60. The Morgan fingerprint density at radius 1 is 1.61 bits per heavy atom. The molecule has 0 atom stereocenters. The molecule has 0 unspecified atom stereocenters. The fraction of sp³-hybridized carbons (Fsp3) is 0.273. The van der Waals surface area contributed by atoms with Crippen LogP contribution in [0.3, 0.4) is 0 Å². The lowest BCUT2D eigenvalue weighted by Gasteiger charge is -2.03. The van der Waals surface area contributed by atoms with Gasteiger partial charge in [0.2, 0.25) is 0 Å². The van der Waals surface area contributed by atoms with Crippen LogP contribution in [0, 0.1) is 19.3 Å². The van der Waals surface area contributed by atoms with Crippen molar-refractivity contribution in [3.63, 3.8) is 0 Å². The van der Waals surface area contributed by atoms with Crippen LogP contribution in [0.4, 0.5) is 0 Å². The first-order chi connectivity index (χ1) is 8.56. The molecule has 0 aromatic carbocycles. The molecule has 0 radical (unpaired) electrons. The summed E-state index contributed by atoms with van der Waals surface area (Å²) in [5.41, 5.74) is -0.820. The van der Waals surface area contributed by atoms with Crippen LogP contribution in [0.1, 0.15) is 22.7 Å². The molecule has 2 heterocycles. The van der Waals surface area contributed by atoms with Crippen molar-refractivity contribution in [3.8, 4) is 12.3 Å². The Morgan fingerprint density at radius 2 is 2.33 bits per heavy atom. The van der Waals surface area contributed by atoms with Gasteiger partial charge in [0.1, 0.15) is 5.76 Å². The molecule has 92 valence electrons. The van der Waals surface area contributed by atoms with Gasteiger partial charge in [-0.15, -0.1) is 12.3 Å². The Balaban J connectivity index is 2.77. The summed E-state index contributed by atoms with van der Waals surface area (Å²) < 4.78 is 5.83. The molecule has 2 aromatic rings. The van der Waals surface area contributed by atoms with E-state index in [4.69, 9.17) is 16.1 Å². The topological polar surface area (TPSA) is 98.2 Å². The van der Waals surface area contributed by atoms with E-state index in [0.717, 1.165) is 4.68 Å². The third-order valence-corrected chi connectivity index (χ3v) is 2.43. The smallest absolute Gasteiger partial charge is 0.357 e. The van der Waals surface area contributed by atoms with Gasteiger partial charge in [0.15, 0.2) is 11.2 Å². The first-order valence-electron chi connectivity index (χ1n) is 5.10. The second kappa shape index (κ2) is 4.33. The monoisotopic (exact) mass is 247 g/mol. The highest BCUT2D eigenvalue weighted by Gasteiger charge is 2.21. The highest BCUT2D eigenvalue weighted by atomic mass is 16.5. The average molecular weight is 247 g/mol. The van der Waals surface area contributed by atoms with Crippen molar-refractivity contribution in [2.45, 2.75) is 19.9 Å². The zero-order valence-electron chi connectivity index (χ0n) is 9.51. The lowest BCUT2D eigenvalue weighted by atomic mass is 10.2. The summed E-state index contributed by atoms with van der Waals surface area (Å²) in [6.07, 6.45) is 5.37. The first-order valence-corrected chi connectivity index (χ1v) is 5.10. The number of terminal acetylenes is 1. The molecule has 0 bridgehead atoms. The minimum Gasteiger partial charge on any atom is -0.476 e. The molecule has 0 aliphatic rings. The molecule has 0 aliphatic heterocycles. The van der Waals surface area contributed by atoms with Crippen LogP contribution in [0.15, 0.2) is 9.32 Å². The van der Waals surface area contributed by atoms with Gasteiger partial charge in [0, 0.05) is 6.42 Å². The minimum atomic E-state index is -1.25. The normalized spacial score (nSPS) is 10.4. The van der Waals surface area contributed by atoms with Crippen molar-refractivity contribution >= 4 is 16.9 Å². The van der Waals surface area contributed by atoms with Gasteiger partial charge in [0.25, 0.3) is 5.56 Å². The van der Waals surface area contributed by atoms with E-state index in [2.05, 4.69) is 16.2 Å². The number of aromatic nitrogens is 3. The van der Waals surface area contributed by atoms with Crippen molar-refractivity contribution in [1.29, 1.82) is 0 Å². The second-order valence-corrected chi connectivity index (χ2v) is 3.60. The van der Waals surface area contributed by atoms with Crippen molar-refractivity contribution in [1.82, 2.24) is 14.9 Å². The molecule has 0 amide bonds. The molecule has 0 aliphatic carbocycles. The fourth-order valence-corrected chi connectivity index (χ4v) is 1.61. The summed E-state index contributed by atoms with van der Waals surface area (Å²) in [5, 5.41) is 16.6. The van der Waals surface area contributed by atoms with Crippen molar-refractivity contribution < 1.29 is 14.4 Å². The lowest BCUT2D eigenvalue weighted by Crippen LogP contribution is -2.26. The zero-order chi connectivity index (χ0) is 13.3. The summed E-state index contributed by atoms with van der Waals surface area (Å²) in [4.78, 5) is 23.1. The van der Waals surface area contributed by atoms with Gasteiger partial charge in [-0.25, -0.2) is 9.48 Å². The third kappa shape index (κ3) is 1.73. The first kappa shape index (κ1) is 11.9. The molecule has 0 saturated heterocycles. The van der Waals surface area contributed by atoms with Crippen LogP contribution < -0.4 is 5.56 Å². The summed E-state index contributed by atoms with van der Waals surface area (Å²) in [6.45, 7) is 1.66. The maximum atomic E-state index is 11.9. The molecular formula is C11H9N3O4. The molecule has 0 saturated carbocycles. The van der Waals surface area contributed by atoms with Crippen LogP contribution in [-0.2, 0) is 6.54 Å². The number of hydrogen-bond acceptors (Lipinski definition) is 5. The van der Waals surface area contributed by atoms with Crippen molar-refractivity contribution in [3.05, 3.63) is 21.8 Å². The molecule has 0 spiro atoms. The SMILES string of the molecule is C#CCCn1nc(C(=O)O)c2c(C)onc2c1=O. The Labute approximate surface area is 101 Å². The van der Waals surface area contributed by atoms with E-state index in [0.29, 0.717) is 0 Å². The Morgan fingerprint density at radius 3 is 2.94 bits per heavy atom. The number of carboxylic acid groups (broad SMARTS) is 1. The number of carbonyl (C=O) groups is 1. The number of fused-ring (bicyclic) bond motifs is 1. The van der Waals surface area contributed by atoms with Crippen molar-refractivity contribution in [2.75, 3.05) is 0 Å². The van der Waals surface area contributed by atoms with Crippen LogP contribution in [0.2, 0.25) is 0 Å². The number of aromatic carboxylic acids is 1. The standard InChI is InChI=1S/C11H9N3O4/c1-3-4-5-14-10(15)8-7(6(2)18-13-8)9(12-14)11(16)17/h1H,4-5H2,2H3,(H,16,17). The van der Waals surface area contributed by atoms with E-state index in [1.165, 1.54) is 6.92 Å². The highest BCUT2D eigenvalue weighted by Crippen LogP contribution is 2.17. The largest absolute Gasteiger partial charge is 0.476 e. The minimum absolute atomic E-state index is 0.0445. The van der Waals surface area contributed by atoms with Crippen LogP contribution in [0.5, 0.6) is 0 Å². The van der Waals surface area contributed by atoms with Crippen LogP contribution in [-0.4, -0.2) is 26.0 Å². The van der Waals surface area contributed by atoms with Gasteiger partial charge in [-0.3, -0.25) is 4.79 Å². The molecule has 2 aromatic heterocycles. The Kier molecular flexibility index (Phi) is 2.85. The van der Waals surface area contributed by atoms with Crippen LogP contribution >= 0.6 is 0 Å². The average Bonchev–Trinajstić information content (AvgIpc) is 2.71. The number of carboxylic acids is 1. The van der Waals surface area contributed by atoms with Gasteiger partial charge in [-0.2, -0.15) is 5.10 Å². The Hall–Kier alpha value is -2.62. The highest BCUT2D eigenvalue weighted by molar-refractivity contribution is 6.00. The van der Waals surface area contributed by atoms with Crippen molar-refractivity contribution in [2.24, 2.45) is 0 Å². The number of aryl methyl sites for hydroxylation is 2. The lowest BCUT2D eigenvalue weighted by molar-refractivity contribution is 0.0690. The molecule has 7 heteroatoms. The molecule has 2 rings (SSSR count).